The first-order valence-corrected chi connectivity index (χ1v) is 24.7. The maximum atomic E-state index is 13.6. The van der Waals surface area contributed by atoms with Crippen LogP contribution in [-0.4, -0.2) is 100 Å². The molecule has 0 amide bonds. The Morgan fingerprint density at radius 1 is 0.576 bits per heavy atom. The SMILES string of the molecule is CC(C)OC(=O)C(C)NP(=O)(CO[C@H](C)Cn1cnc2c(N)ncnc21)Oc1ccccc1.CC(C)OC(=O)[C@@H](C)NP(=O)(CO[C@@H](C)Cn1cnc2c(N)ncnc21)Oc1ccccc1. The minimum atomic E-state index is -3.64. The van der Waals surface area contributed by atoms with E-state index in [9.17, 15) is 18.7 Å². The second-order valence-electron chi connectivity index (χ2n) is 15.7. The van der Waals surface area contributed by atoms with Crippen molar-refractivity contribution in [3.05, 3.63) is 86.0 Å². The van der Waals surface area contributed by atoms with Crippen LogP contribution >= 0.6 is 15.0 Å². The molecule has 0 aliphatic heterocycles. The number of imidazole rings is 2. The highest BCUT2D eigenvalue weighted by Gasteiger charge is 2.33. The highest BCUT2D eigenvalue weighted by molar-refractivity contribution is 7.57. The number of fused-ring (bicyclic) bond motifs is 2. The summed E-state index contributed by atoms with van der Waals surface area (Å²) in [6.45, 7) is 14.5. The van der Waals surface area contributed by atoms with Gasteiger partial charge >= 0.3 is 27.0 Å². The summed E-state index contributed by atoms with van der Waals surface area (Å²) in [6.07, 6.45) is 4.02. The first kappa shape index (κ1) is 51.0. The minimum Gasteiger partial charge on any atom is -0.462 e. The smallest absolute Gasteiger partial charge is 0.342 e. The summed E-state index contributed by atoms with van der Waals surface area (Å²) >= 11 is 0. The van der Waals surface area contributed by atoms with E-state index in [4.69, 9.17) is 39.5 Å². The van der Waals surface area contributed by atoms with Crippen LogP contribution in [0.15, 0.2) is 86.0 Å². The normalized spacial score (nSPS) is 15.2. The number of nitrogens with zero attached hydrogens (tertiary/aromatic N) is 8. The maximum Gasteiger partial charge on any atom is 0.342 e. The molecule has 0 bridgehead atoms. The lowest BCUT2D eigenvalue weighted by Crippen LogP contribution is -2.37. The van der Waals surface area contributed by atoms with Gasteiger partial charge in [0.2, 0.25) is 0 Å². The van der Waals surface area contributed by atoms with Gasteiger partial charge in [-0.15, -0.1) is 0 Å². The van der Waals surface area contributed by atoms with E-state index in [2.05, 4.69) is 40.1 Å². The monoisotopic (exact) mass is 952 g/mol. The Kier molecular flexibility index (Phi) is 18.1. The number of ether oxygens (including phenoxy) is 4. The number of nitrogen functional groups attached to an aromatic ring is 2. The van der Waals surface area contributed by atoms with Gasteiger partial charge in [0.1, 0.15) is 60.0 Å². The summed E-state index contributed by atoms with van der Waals surface area (Å²) in [5.74, 6) is 0.303. The molecular formula is C42H58N12O10P2. The van der Waals surface area contributed by atoms with Crippen LogP contribution in [0.5, 0.6) is 11.5 Å². The van der Waals surface area contributed by atoms with Crippen molar-refractivity contribution < 1.29 is 46.7 Å². The summed E-state index contributed by atoms with van der Waals surface area (Å²) in [5.41, 5.74) is 13.8. The zero-order valence-electron chi connectivity index (χ0n) is 38.1. The molecule has 0 radical (unpaired) electrons. The molecule has 0 aliphatic carbocycles. The molecule has 6 atom stereocenters. The minimum absolute atomic E-state index is 0.272. The van der Waals surface area contributed by atoms with Gasteiger partial charge in [-0.05, 0) is 79.7 Å². The van der Waals surface area contributed by atoms with E-state index in [1.54, 1.807) is 112 Å². The summed E-state index contributed by atoms with van der Waals surface area (Å²) < 4.78 is 64.4. The number of hydrogen-bond donors (Lipinski definition) is 4. The third-order valence-corrected chi connectivity index (χ3v) is 12.6. The third-order valence-electron chi connectivity index (χ3n) is 9.01. The highest BCUT2D eigenvalue weighted by atomic mass is 31.2. The number of carbonyl (C=O) groups is 2. The van der Waals surface area contributed by atoms with Crippen LogP contribution < -0.4 is 30.7 Å². The summed E-state index contributed by atoms with van der Waals surface area (Å²) in [6, 6.07) is 15.7. The van der Waals surface area contributed by atoms with Crippen molar-refractivity contribution in [2.45, 2.75) is 105 Å². The Labute approximate surface area is 382 Å². The summed E-state index contributed by atoms with van der Waals surface area (Å²) in [7, 11) is -7.28. The molecule has 0 aliphatic rings. The fourth-order valence-electron chi connectivity index (χ4n) is 6.02. The van der Waals surface area contributed by atoms with E-state index in [0.29, 0.717) is 58.6 Å². The molecule has 0 spiro atoms. The van der Waals surface area contributed by atoms with Crippen LogP contribution in [0, 0.1) is 0 Å². The number of nitrogens with two attached hydrogens (primary N) is 2. The Morgan fingerprint density at radius 2 is 0.939 bits per heavy atom. The first-order chi connectivity index (χ1) is 31.3. The number of hydrogen-bond acceptors (Lipinski definition) is 18. The standard InChI is InChI=1S/2C21H29N6O5P/c2*1-14(2)31-21(28)16(4)26-33(29,32-17-8-6-5-7-9-17)13-30-15(3)10-27-12-25-18-19(22)23-11-24-20(18)27/h2*5-9,11-12,14-16H,10,13H2,1-4H3,(H,26,29)(H2,22,23,24)/t15-,16?,33?;15-,16+,33?/m10/s1. The number of para-hydroxylation sites is 2. The van der Waals surface area contributed by atoms with Crippen LogP contribution in [-0.2, 0) is 50.8 Å². The third kappa shape index (κ3) is 15.0. The number of benzene rings is 2. The van der Waals surface area contributed by atoms with Crippen LogP contribution in [0.2, 0.25) is 0 Å². The van der Waals surface area contributed by atoms with Gasteiger partial charge in [-0.25, -0.2) is 40.1 Å². The molecule has 6 aromatic rings. The molecule has 0 saturated heterocycles. The summed E-state index contributed by atoms with van der Waals surface area (Å²) in [4.78, 5) is 49.2. The molecule has 0 saturated carbocycles. The number of anilines is 2. The highest BCUT2D eigenvalue weighted by Crippen LogP contribution is 2.45. The summed E-state index contributed by atoms with van der Waals surface area (Å²) in [5, 5.41) is 5.55. The average molecular weight is 953 g/mol. The average Bonchev–Trinajstić information content (AvgIpc) is 3.88. The molecule has 6 rings (SSSR count). The van der Waals surface area contributed by atoms with E-state index in [1.165, 1.54) is 12.7 Å². The second-order valence-corrected chi connectivity index (χ2v) is 19.8. The van der Waals surface area contributed by atoms with E-state index in [1.807, 2.05) is 26.0 Å². The van der Waals surface area contributed by atoms with Crippen LogP contribution in [0.25, 0.3) is 22.3 Å². The van der Waals surface area contributed by atoms with Gasteiger partial charge in [-0.1, -0.05) is 36.4 Å². The van der Waals surface area contributed by atoms with Crippen molar-refractivity contribution in [2.75, 3.05) is 24.2 Å². The van der Waals surface area contributed by atoms with Gasteiger partial charge in [0.25, 0.3) is 0 Å². The molecule has 66 heavy (non-hydrogen) atoms. The predicted octanol–water partition coefficient (Wildman–Crippen LogP) is 5.95. The fourth-order valence-corrected chi connectivity index (χ4v) is 9.60. The largest absolute Gasteiger partial charge is 0.462 e. The van der Waals surface area contributed by atoms with Crippen molar-refractivity contribution in [1.82, 2.24) is 49.2 Å². The van der Waals surface area contributed by atoms with Crippen molar-refractivity contribution >= 4 is 60.9 Å². The molecule has 2 aromatic carbocycles. The molecule has 6 N–H and O–H groups in total. The van der Waals surface area contributed by atoms with Gasteiger partial charge in [-0.2, -0.15) is 0 Å². The second kappa shape index (κ2) is 23.4. The molecule has 356 valence electrons. The van der Waals surface area contributed by atoms with Crippen LogP contribution in [0.4, 0.5) is 11.6 Å². The lowest BCUT2D eigenvalue weighted by atomic mass is 10.3. The number of rotatable bonds is 22. The van der Waals surface area contributed by atoms with E-state index in [-0.39, 0.29) is 37.1 Å². The Balaban J connectivity index is 0.000000247. The Hall–Kier alpha value is -6.02. The predicted molar refractivity (Wildman–Crippen MR) is 247 cm³/mol. The van der Waals surface area contributed by atoms with Crippen LogP contribution in [0.1, 0.15) is 55.4 Å². The number of aromatic nitrogens is 8. The molecule has 24 heteroatoms. The van der Waals surface area contributed by atoms with Gasteiger partial charge < -0.3 is 48.6 Å². The molecule has 4 aromatic heterocycles. The molecule has 22 nitrogen and oxygen atoms in total. The lowest BCUT2D eigenvalue weighted by Gasteiger charge is -2.25. The Bertz CT molecular complexity index is 2420. The molecule has 3 unspecified atom stereocenters. The molecule has 0 fully saturated rings. The molecular weight excluding hydrogens is 894 g/mol. The zero-order valence-corrected chi connectivity index (χ0v) is 39.9. The van der Waals surface area contributed by atoms with Crippen molar-refractivity contribution in [3.63, 3.8) is 0 Å². The van der Waals surface area contributed by atoms with E-state index >= 15 is 0 Å². The number of esters is 2. The van der Waals surface area contributed by atoms with Gasteiger partial charge in [0, 0.05) is 0 Å². The topological polar surface area (TPSA) is 287 Å². The number of nitrogens with one attached hydrogen (secondary N) is 2. The maximum absolute atomic E-state index is 13.6. The van der Waals surface area contributed by atoms with Crippen molar-refractivity contribution in [2.24, 2.45) is 0 Å². The van der Waals surface area contributed by atoms with Gasteiger partial charge in [0.15, 0.2) is 22.9 Å². The van der Waals surface area contributed by atoms with Gasteiger partial charge in [-0.3, -0.25) is 18.7 Å². The van der Waals surface area contributed by atoms with Crippen molar-refractivity contribution in [3.8, 4) is 11.5 Å². The fraction of sp³-hybridized carbons (Fsp3) is 0.429. The first-order valence-electron chi connectivity index (χ1n) is 21.0. The zero-order chi connectivity index (χ0) is 48.0. The quantitative estimate of drug-likeness (QED) is 0.0452. The van der Waals surface area contributed by atoms with E-state index < -0.39 is 39.1 Å². The van der Waals surface area contributed by atoms with Gasteiger partial charge in [0.05, 0.1) is 50.2 Å². The van der Waals surface area contributed by atoms with E-state index in [0.717, 1.165) is 0 Å². The van der Waals surface area contributed by atoms with Crippen molar-refractivity contribution in [1.29, 1.82) is 0 Å². The number of carbonyl (C=O) groups excluding carboxylic acids is 2. The molecule has 4 heterocycles. The Morgan fingerprint density at radius 3 is 1.29 bits per heavy atom. The lowest BCUT2D eigenvalue weighted by molar-refractivity contribution is -0.149. The van der Waals surface area contributed by atoms with Crippen LogP contribution in [0.3, 0.4) is 0 Å².